The number of para-hydroxylation sites is 1. The van der Waals surface area contributed by atoms with Gasteiger partial charge in [0, 0.05) is 5.38 Å². The zero-order valence-corrected chi connectivity index (χ0v) is 14.7. The Morgan fingerprint density at radius 1 is 1.25 bits per heavy atom. The summed E-state index contributed by atoms with van der Waals surface area (Å²) in [4.78, 5) is 16.6. The number of aromatic nitrogens is 1. The van der Waals surface area contributed by atoms with Crippen LogP contribution in [0.15, 0.2) is 23.6 Å². The highest BCUT2D eigenvalue weighted by atomic mass is 32.1. The van der Waals surface area contributed by atoms with Crippen LogP contribution in [0.25, 0.3) is 10.6 Å². The van der Waals surface area contributed by atoms with Crippen LogP contribution in [-0.4, -0.2) is 25.2 Å². The lowest BCUT2D eigenvalue weighted by molar-refractivity contribution is -0.149. The monoisotopic (exact) mass is 347 g/mol. The van der Waals surface area contributed by atoms with Gasteiger partial charge in [0.1, 0.15) is 11.6 Å². The molecule has 6 heteroatoms. The highest BCUT2D eigenvalue weighted by Crippen LogP contribution is 2.39. The number of carbonyl (C=O) groups excluding carboxylic acids is 1. The Labute approximate surface area is 145 Å². The predicted octanol–water partition coefficient (Wildman–Crippen LogP) is 4.06. The molecule has 3 rings (SSSR count). The largest absolute Gasteiger partial charge is 0.493 e. The van der Waals surface area contributed by atoms with E-state index in [1.807, 2.05) is 23.6 Å². The van der Waals surface area contributed by atoms with E-state index in [9.17, 15) is 4.79 Å². The number of hydrogen-bond donors (Lipinski definition) is 0. The normalized spacial score (nSPS) is 14.6. The third-order valence-corrected chi connectivity index (χ3v) is 5.16. The number of carbonyl (C=O) groups is 1. The fraction of sp³-hybridized carbons (Fsp3) is 0.444. The average Bonchev–Trinajstić information content (AvgIpc) is 3.30. The first-order valence-electron chi connectivity index (χ1n) is 8.05. The van der Waals surface area contributed by atoms with Crippen molar-refractivity contribution in [1.29, 1.82) is 0 Å². The summed E-state index contributed by atoms with van der Waals surface area (Å²) in [6.07, 6.45) is 4.14. The molecule has 5 nitrogen and oxygen atoms in total. The summed E-state index contributed by atoms with van der Waals surface area (Å²) in [5.74, 6) is 1.30. The Hall–Kier alpha value is -2.08. The first kappa shape index (κ1) is 16.8. The van der Waals surface area contributed by atoms with E-state index in [1.54, 1.807) is 14.2 Å². The number of methoxy groups -OCH3 is 2. The Kier molecular flexibility index (Phi) is 5.35. The second kappa shape index (κ2) is 7.66. The molecule has 1 fully saturated rings. The quantitative estimate of drug-likeness (QED) is 0.738. The third-order valence-electron chi connectivity index (χ3n) is 4.24. The molecule has 0 saturated heterocycles. The SMILES string of the molecule is COc1cccc(-c2nc(COC(=O)C3CCCC3)cs2)c1OC. The summed E-state index contributed by atoms with van der Waals surface area (Å²) >= 11 is 1.50. The van der Waals surface area contributed by atoms with Crippen LogP contribution in [-0.2, 0) is 16.1 Å². The second-order valence-electron chi connectivity index (χ2n) is 5.77. The molecule has 1 aliphatic rings. The van der Waals surface area contributed by atoms with Gasteiger partial charge in [-0.3, -0.25) is 4.79 Å². The molecular formula is C18H21NO4S. The van der Waals surface area contributed by atoms with Gasteiger partial charge in [-0.1, -0.05) is 18.9 Å². The molecule has 2 aromatic rings. The van der Waals surface area contributed by atoms with E-state index in [0.717, 1.165) is 41.9 Å². The number of benzene rings is 1. The fourth-order valence-corrected chi connectivity index (χ4v) is 3.80. The van der Waals surface area contributed by atoms with E-state index in [4.69, 9.17) is 14.2 Å². The molecule has 0 radical (unpaired) electrons. The standard InChI is InChI=1S/C18H21NO4S/c1-21-15-9-5-8-14(16(15)22-2)17-19-13(11-24-17)10-23-18(20)12-6-3-4-7-12/h5,8-9,11-12H,3-4,6-7,10H2,1-2H3. The summed E-state index contributed by atoms with van der Waals surface area (Å²) in [5.41, 5.74) is 1.63. The van der Waals surface area contributed by atoms with Gasteiger partial charge in [-0.2, -0.15) is 0 Å². The van der Waals surface area contributed by atoms with Gasteiger partial charge in [0.05, 0.1) is 31.4 Å². The van der Waals surface area contributed by atoms with E-state index in [-0.39, 0.29) is 18.5 Å². The lowest BCUT2D eigenvalue weighted by Crippen LogP contribution is -2.14. The number of thiazole rings is 1. The van der Waals surface area contributed by atoms with Crippen LogP contribution in [0, 0.1) is 5.92 Å². The Balaban J connectivity index is 1.70. The van der Waals surface area contributed by atoms with Crippen molar-refractivity contribution < 1.29 is 19.0 Å². The van der Waals surface area contributed by atoms with Crippen LogP contribution in [0.2, 0.25) is 0 Å². The summed E-state index contributed by atoms with van der Waals surface area (Å²) in [6.45, 7) is 0.220. The van der Waals surface area contributed by atoms with Gasteiger partial charge in [-0.15, -0.1) is 11.3 Å². The van der Waals surface area contributed by atoms with Crippen LogP contribution in [0.5, 0.6) is 11.5 Å². The maximum Gasteiger partial charge on any atom is 0.309 e. The predicted molar refractivity (Wildman–Crippen MR) is 92.4 cm³/mol. The molecule has 0 amide bonds. The van der Waals surface area contributed by atoms with Crippen molar-refractivity contribution in [1.82, 2.24) is 4.98 Å². The van der Waals surface area contributed by atoms with Crippen molar-refractivity contribution in [3.63, 3.8) is 0 Å². The van der Waals surface area contributed by atoms with Crippen LogP contribution < -0.4 is 9.47 Å². The Bertz CT molecular complexity index is 707. The minimum Gasteiger partial charge on any atom is -0.493 e. The minimum absolute atomic E-state index is 0.0709. The highest BCUT2D eigenvalue weighted by molar-refractivity contribution is 7.13. The fourth-order valence-electron chi connectivity index (χ4n) is 2.98. The molecule has 0 atom stereocenters. The molecule has 0 unspecified atom stereocenters. The van der Waals surface area contributed by atoms with Crippen LogP contribution >= 0.6 is 11.3 Å². The first-order chi connectivity index (χ1) is 11.7. The smallest absolute Gasteiger partial charge is 0.309 e. The molecule has 0 aliphatic heterocycles. The van der Waals surface area contributed by atoms with Crippen molar-refractivity contribution in [2.75, 3.05) is 14.2 Å². The van der Waals surface area contributed by atoms with Gasteiger partial charge in [0.25, 0.3) is 0 Å². The zero-order chi connectivity index (χ0) is 16.9. The summed E-state index contributed by atoms with van der Waals surface area (Å²) < 4.78 is 16.2. The maximum atomic E-state index is 12.0. The van der Waals surface area contributed by atoms with Crippen molar-refractivity contribution >= 4 is 17.3 Å². The molecule has 0 bridgehead atoms. The second-order valence-corrected chi connectivity index (χ2v) is 6.63. The number of nitrogens with zero attached hydrogens (tertiary/aromatic N) is 1. The van der Waals surface area contributed by atoms with Gasteiger partial charge in [0.15, 0.2) is 11.5 Å². The van der Waals surface area contributed by atoms with E-state index in [0.29, 0.717) is 11.5 Å². The Morgan fingerprint density at radius 2 is 2.04 bits per heavy atom. The number of ether oxygens (including phenoxy) is 3. The summed E-state index contributed by atoms with van der Waals surface area (Å²) in [7, 11) is 3.22. The number of esters is 1. The molecule has 128 valence electrons. The van der Waals surface area contributed by atoms with Crippen LogP contribution in [0.1, 0.15) is 31.4 Å². The van der Waals surface area contributed by atoms with E-state index >= 15 is 0 Å². The van der Waals surface area contributed by atoms with Crippen molar-refractivity contribution in [2.45, 2.75) is 32.3 Å². The average molecular weight is 347 g/mol. The molecule has 1 saturated carbocycles. The van der Waals surface area contributed by atoms with Crippen molar-refractivity contribution in [3.8, 4) is 22.1 Å². The molecule has 0 spiro atoms. The Morgan fingerprint density at radius 3 is 2.75 bits per heavy atom. The van der Waals surface area contributed by atoms with Crippen LogP contribution in [0.4, 0.5) is 0 Å². The molecular weight excluding hydrogens is 326 g/mol. The maximum absolute atomic E-state index is 12.0. The first-order valence-corrected chi connectivity index (χ1v) is 8.93. The molecule has 1 aliphatic carbocycles. The number of hydrogen-bond acceptors (Lipinski definition) is 6. The lowest BCUT2D eigenvalue weighted by Gasteiger charge is -2.10. The van der Waals surface area contributed by atoms with E-state index < -0.39 is 0 Å². The van der Waals surface area contributed by atoms with Gasteiger partial charge >= 0.3 is 5.97 Å². The molecule has 1 aromatic carbocycles. The van der Waals surface area contributed by atoms with E-state index in [1.165, 1.54) is 11.3 Å². The van der Waals surface area contributed by atoms with Gasteiger partial charge in [-0.05, 0) is 25.0 Å². The van der Waals surface area contributed by atoms with E-state index in [2.05, 4.69) is 4.98 Å². The van der Waals surface area contributed by atoms with Gasteiger partial charge < -0.3 is 14.2 Å². The van der Waals surface area contributed by atoms with Crippen molar-refractivity contribution in [3.05, 3.63) is 29.3 Å². The van der Waals surface area contributed by atoms with Gasteiger partial charge in [0.2, 0.25) is 0 Å². The molecule has 24 heavy (non-hydrogen) atoms. The third kappa shape index (κ3) is 3.53. The lowest BCUT2D eigenvalue weighted by atomic mass is 10.1. The summed E-state index contributed by atoms with van der Waals surface area (Å²) in [5, 5.41) is 2.73. The van der Waals surface area contributed by atoms with Crippen molar-refractivity contribution in [2.24, 2.45) is 5.92 Å². The molecule has 0 N–H and O–H groups in total. The molecule has 1 heterocycles. The zero-order valence-electron chi connectivity index (χ0n) is 13.9. The minimum atomic E-state index is -0.0963. The molecule has 1 aromatic heterocycles. The summed E-state index contributed by atoms with van der Waals surface area (Å²) in [6, 6.07) is 5.69. The van der Waals surface area contributed by atoms with Crippen LogP contribution in [0.3, 0.4) is 0 Å². The topological polar surface area (TPSA) is 57.7 Å². The number of rotatable bonds is 6. The highest BCUT2D eigenvalue weighted by Gasteiger charge is 2.24. The van der Waals surface area contributed by atoms with Gasteiger partial charge in [-0.25, -0.2) is 4.98 Å².